The molecule has 7 aliphatic carbocycles. The first kappa shape index (κ1) is 13.4. The molecule has 118 valence electrons. The maximum absolute atomic E-state index is 2.72. The summed E-state index contributed by atoms with van der Waals surface area (Å²) in [6.45, 7) is 21.3. The van der Waals surface area contributed by atoms with Crippen molar-refractivity contribution in [3.8, 4) is 0 Å². The standard InChI is InChI=1S/C21H34/c1-11-12(2)19(6)13(3)14-9-15(19)16-18(5)10-17(11,4)21(18,8)20(14,16)7/h11-16H,9-10H2,1-8H3. The van der Waals surface area contributed by atoms with Crippen molar-refractivity contribution >= 4 is 0 Å². The Hall–Kier alpha value is 0. The summed E-state index contributed by atoms with van der Waals surface area (Å²) in [5, 5.41) is 0. The summed E-state index contributed by atoms with van der Waals surface area (Å²) in [6.07, 6.45) is 3.06. The van der Waals surface area contributed by atoms with Gasteiger partial charge in [-0.3, -0.25) is 0 Å². The van der Waals surface area contributed by atoms with Crippen LogP contribution in [0.3, 0.4) is 0 Å². The molecule has 0 aliphatic heterocycles. The van der Waals surface area contributed by atoms with Gasteiger partial charge in [-0.1, -0.05) is 55.4 Å². The predicted molar refractivity (Wildman–Crippen MR) is 87.7 cm³/mol. The third-order valence-electron chi connectivity index (χ3n) is 12.2. The Balaban J connectivity index is 1.83. The second kappa shape index (κ2) is 2.89. The minimum absolute atomic E-state index is 0.585. The van der Waals surface area contributed by atoms with Crippen molar-refractivity contribution in [3.05, 3.63) is 0 Å². The van der Waals surface area contributed by atoms with Gasteiger partial charge in [0.05, 0.1) is 0 Å². The lowest BCUT2D eigenvalue weighted by molar-refractivity contribution is -0.452. The molecule has 0 aromatic heterocycles. The van der Waals surface area contributed by atoms with E-state index in [9.17, 15) is 0 Å². The van der Waals surface area contributed by atoms with Crippen molar-refractivity contribution in [2.45, 2.75) is 68.2 Å². The summed E-state index contributed by atoms with van der Waals surface area (Å²) in [6, 6.07) is 0. The molecule has 0 amide bonds. The van der Waals surface area contributed by atoms with Crippen LogP contribution in [0.5, 0.6) is 0 Å². The van der Waals surface area contributed by atoms with E-state index in [-0.39, 0.29) is 0 Å². The highest BCUT2D eigenvalue weighted by molar-refractivity contribution is 5.41. The van der Waals surface area contributed by atoms with E-state index in [1.807, 2.05) is 0 Å². The Kier molecular flexibility index (Phi) is 1.85. The van der Waals surface area contributed by atoms with Crippen LogP contribution in [0.2, 0.25) is 0 Å². The zero-order valence-electron chi connectivity index (χ0n) is 15.4. The molecule has 0 nitrogen and oxygen atoms in total. The van der Waals surface area contributed by atoms with Gasteiger partial charge in [-0.15, -0.1) is 0 Å². The predicted octanol–water partition coefficient (Wildman–Crippen LogP) is 5.62. The summed E-state index contributed by atoms with van der Waals surface area (Å²) in [5.74, 6) is 5.76. The molecule has 0 heteroatoms. The van der Waals surface area contributed by atoms with Crippen LogP contribution < -0.4 is 0 Å². The normalized spacial score (nSPS) is 80.0. The zero-order chi connectivity index (χ0) is 15.4. The van der Waals surface area contributed by atoms with Crippen LogP contribution in [0.1, 0.15) is 68.2 Å². The molecule has 8 bridgehead atoms. The van der Waals surface area contributed by atoms with Gasteiger partial charge in [-0.2, -0.15) is 0 Å². The summed E-state index contributed by atoms with van der Waals surface area (Å²) < 4.78 is 0. The molecule has 0 aromatic rings. The van der Waals surface area contributed by atoms with Crippen molar-refractivity contribution in [2.24, 2.45) is 62.6 Å². The maximum atomic E-state index is 2.72. The molecule has 0 aromatic carbocycles. The zero-order valence-corrected chi connectivity index (χ0v) is 15.4. The first-order valence-electron chi connectivity index (χ1n) is 9.53. The topological polar surface area (TPSA) is 0 Å². The van der Waals surface area contributed by atoms with Gasteiger partial charge in [0.15, 0.2) is 0 Å². The van der Waals surface area contributed by atoms with E-state index in [1.54, 1.807) is 6.42 Å². The van der Waals surface area contributed by atoms with Crippen molar-refractivity contribution in [3.63, 3.8) is 0 Å². The van der Waals surface area contributed by atoms with Gasteiger partial charge in [-0.05, 0) is 75.4 Å². The van der Waals surface area contributed by atoms with E-state index in [0.717, 1.165) is 35.5 Å². The fourth-order valence-electron chi connectivity index (χ4n) is 10.9. The van der Waals surface area contributed by atoms with Crippen LogP contribution in [0.15, 0.2) is 0 Å². The molecule has 0 N–H and O–H groups in total. The van der Waals surface area contributed by atoms with Gasteiger partial charge < -0.3 is 0 Å². The third kappa shape index (κ3) is 0.783. The fraction of sp³-hybridized carbons (Fsp3) is 1.00. The van der Waals surface area contributed by atoms with Crippen LogP contribution in [-0.2, 0) is 0 Å². The SMILES string of the molecule is CC1C(C)C2(C)CC3(C)C4C5CC(C(C)C15C)C4(C)C23C. The van der Waals surface area contributed by atoms with E-state index in [1.165, 1.54) is 6.42 Å². The van der Waals surface area contributed by atoms with E-state index in [2.05, 4.69) is 55.4 Å². The van der Waals surface area contributed by atoms with Gasteiger partial charge in [0, 0.05) is 0 Å². The average Bonchev–Trinajstić information content (AvgIpc) is 2.87. The van der Waals surface area contributed by atoms with Crippen LogP contribution >= 0.6 is 0 Å². The van der Waals surface area contributed by atoms with Crippen LogP contribution in [0, 0.1) is 62.6 Å². The lowest BCUT2D eigenvalue weighted by Crippen LogP contribution is -2.87. The first-order chi connectivity index (χ1) is 9.53. The monoisotopic (exact) mass is 286 g/mol. The number of hydrogen-bond donors (Lipinski definition) is 0. The first-order valence-corrected chi connectivity index (χ1v) is 9.53. The Morgan fingerprint density at radius 2 is 1.33 bits per heavy atom. The molecular weight excluding hydrogens is 252 g/mol. The van der Waals surface area contributed by atoms with Crippen molar-refractivity contribution in [1.82, 2.24) is 0 Å². The second-order valence-electron chi connectivity index (χ2n) is 11.1. The number of rotatable bonds is 0. The summed E-state index contributed by atoms with van der Waals surface area (Å²) in [4.78, 5) is 0. The van der Waals surface area contributed by atoms with Gasteiger partial charge in [0.2, 0.25) is 0 Å². The summed E-state index contributed by atoms with van der Waals surface area (Å²) >= 11 is 0. The highest BCUT2D eigenvalue weighted by Crippen LogP contribution is 2.99. The highest BCUT2D eigenvalue weighted by Gasteiger charge is 2.94. The average molecular weight is 287 g/mol. The highest BCUT2D eigenvalue weighted by atomic mass is 15.0. The molecule has 21 heavy (non-hydrogen) atoms. The second-order valence-corrected chi connectivity index (χ2v) is 11.1. The van der Waals surface area contributed by atoms with E-state index in [4.69, 9.17) is 0 Å². The lowest BCUT2D eigenvalue weighted by atomic mass is 9.12. The van der Waals surface area contributed by atoms with Crippen molar-refractivity contribution in [2.75, 3.05) is 0 Å². The molecule has 7 saturated carbocycles. The van der Waals surface area contributed by atoms with Gasteiger partial charge in [-0.25, -0.2) is 0 Å². The lowest BCUT2D eigenvalue weighted by Gasteiger charge is -2.92. The summed E-state index contributed by atoms with van der Waals surface area (Å²) in [5.41, 5.74) is 3.10. The minimum Gasteiger partial charge on any atom is -0.0617 e. The van der Waals surface area contributed by atoms with Gasteiger partial charge in [0.25, 0.3) is 0 Å². The number of hydrogen-bond acceptors (Lipinski definition) is 0. The van der Waals surface area contributed by atoms with Crippen LogP contribution in [0.25, 0.3) is 0 Å². The van der Waals surface area contributed by atoms with Crippen molar-refractivity contribution in [1.29, 1.82) is 0 Å². The molecule has 7 aliphatic rings. The smallest absolute Gasteiger partial charge is 0.0153 e. The third-order valence-corrected chi connectivity index (χ3v) is 12.2. The maximum Gasteiger partial charge on any atom is -0.0153 e. The Bertz CT molecular complexity index is 564. The molecule has 11 atom stereocenters. The van der Waals surface area contributed by atoms with Crippen LogP contribution in [0.4, 0.5) is 0 Å². The minimum atomic E-state index is 0.585. The van der Waals surface area contributed by atoms with Gasteiger partial charge in [0.1, 0.15) is 0 Å². The van der Waals surface area contributed by atoms with Crippen molar-refractivity contribution < 1.29 is 0 Å². The van der Waals surface area contributed by atoms with E-state index in [0.29, 0.717) is 27.1 Å². The van der Waals surface area contributed by atoms with E-state index < -0.39 is 0 Å². The quantitative estimate of drug-likeness (QED) is 0.542. The molecule has 11 unspecified atom stereocenters. The Morgan fingerprint density at radius 1 is 0.714 bits per heavy atom. The molecular formula is C21H34. The van der Waals surface area contributed by atoms with Gasteiger partial charge >= 0.3 is 0 Å². The molecule has 0 saturated heterocycles. The molecule has 0 radical (unpaired) electrons. The summed E-state index contributed by atoms with van der Waals surface area (Å²) in [7, 11) is 0. The largest absolute Gasteiger partial charge is 0.0617 e. The molecule has 0 spiro atoms. The van der Waals surface area contributed by atoms with E-state index >= 15 is 0 Å². The molecule has 7 fully saturated rings. The molecule has 7 rings (SSSR count). The fourth-order valence-corrected chi connectivity index (χ4v) is 10.9. The van der Waals surface area contributed by atoms with Crippen LogP contribution in [-0.4, -0.2) is 0 Å². The Morgan fingerprint density at radius 3 is 1.95 bits per heavy atom. The molecule has 0 heterocycles. The Labute approximate surface area is 131 Å².